The van der Waals surface area contributed by atoms with E-state index < -0.39 is 29.9 Å². The van der Waals surface area contributed by atoms with Crippen molar-refractivity contribution in [2.75, 3.05) is 13.2 Å². The Morgan fingerprint density at radius 1 is 1.43 bits per heavy atom. The summed E-state index contributed by atoms with van der Waals surface area (Å²) in [7, 11) is 0. The second kappa shape index (κ2) is 9.07. The summed E-state index contributed by atoms with van der Waals surface area (Å²) in [6.45, 7) is 5.28. The van der Waals surface area contributed by atoms with Crippen LogP contribution in [0.15, 0.2) is 24.3 Å². The Bertz CT molecular complexity index is 805. The zero-order valence-corrected chi connectivity index (χ0v) is 17.0. The van der Waals surface area contributed by atoms with Crippen LogP contribution in [0.3, 0.4) is 0 Å². The zero-order chi connectivity index (χ0) is 20.9. The Hall–Kier alpha value is -2.59. The SMILES string of the molecule is CC(C)[C@](C)(C#N)NC(=O)COC(=O)[C@@H]1CC(=O)N(Cc2ccccc2Cl)C1. The number of ether oxygens (including phenoxy) is 1. The number of carbonyl (C=O) groups excluding carboxylic acids is 3. The van der Waals surface area contributed by atoms with Crippen molar-refractivity contribution in [1.29, 1.82) is 5.26 Å². The molecule has 0 unspecified atom stereocenters. The van der Waals surface area contributed by atoms with Gasteiger partial charge in [-0.1, -0.05) is 43.6 Å². The highest BCUT2D eigenvalue weighted by atomic mass is 35.5. The summed E-state index contributed by atoms with van der Waals surface area (Å²) in [6.07, 6.45) is 0.0345. The summed E-state index contributed by atoms with van der Waals surface area (Å²) >= 11 is 6.12. The summed E-state index contributed by atoms with van der Waals surface area (Å²) in [5, 5.41) is 12.4. The third-order valence-electron chi connectivity index (χ3n) is 5.00. The number of nitrogens with one attached hydrogen (secondary N) is 1. The normalized spacial score (nSPS) is 18.5. The number of hydrogen-bond donors (Lipinski definition) is 1. The number of esters is 1. The molecule has 7 nitrogen and oxygen atoms in total. The van der Waals surface area contributed by atoms with Crippen LogP contribution >= 0.6 is 11.6 Å². The first kappa shape index (κ1) is 21.7. The molecule has 0 radical (unpaired) electrons. The molecule has 0 aliphatic carbocycles. The maximum Gasteiger partial charge on any atom is 0.311 e. The summed E-state index contributed by atoms with van der Waals surface area (Å²) in [5.74, 6) is -2.06. The Labute approximate surface area is 169 Å². The van der Waals surface area contributed by atoms with Crippen molar-refractivity contribution < 1.29 is 19.1 Å². The third kappa shape index (κ3) is 5.23. The Morgan fingerprint density at radius 2 is 2.11 bits per heavy atom. The predicted molar refractivity (Wildman–Crippen MR) is 103 cm³/mol. The fourth-order valence-corrected chi connectivity index (χ4v) is 2.99. The molecule has 1 aromatic carbocycles. The van der Waals surface area contributed by atoms with Crippen LogP contribution in [-0.4, -0.2) is 41.4 Å². The molecule has 1 fully saturated rings. The second-order valence-electron chi connectivity index (χ2n) is 7.39. The molecule has 2 atom stereocenters. The van der Waals surface area contributed by atoms with E-state index in [0.29, 0.717) is 11.6 Å². The summed E-state index contributed by atoms with van der Waals surface area (Å²) in [4.78, 5) is 38.0. The lowest BCUT2D eigenvalue weighted by atomic mass is 9.90. The topological polar surface area (TPSA) is 99.5 Å². The van der Waals surface area contributed by atoms with E-state index in [1.54, 1.807) is 24.0 Å². The summed E-state index contributed by atoms with van der Waals surface area (Å²) < 4.78 is 5.06. The number of amides is 2. The highest BCUT2D eigenvalue weighted by Crippen LogP contribution is 2.24. The third-order valence-corrected chi connectivity index (χ3v) is 5.37. The first-order valence-electron chi connectivity index (χ1n) is 9.06. The smallest absolute Gasteiger partial charge is 0.311 e. The zero-order valence-electron chi connectivity index (χ0n) is 16.2. The molecule has 8 heteroatoms. The molecule has 2 amide bonds. The molecule has 0 bridgehead atoms. The number of likely N-dealkylation sites (tertiary alicyclic amines) is 1. The van der Waals surface area contributed by atoms with Crippen LogP contribution in [0.2, 0.25) is 5.02 Å². The van der Waals surface area contributed by atoms with Crippen LogP contribution in [0.25, 0.3) is 0 Å². The van der Waals surface area contributed by atoms with Crippen molar-refractivity contribution in [3.8, 4) is 6.07 Å². The van der Waals surface area contributed by atoms with E-state index in [0.717, 1.165) is 5.56 Å². The summed E-state index contributed by atoms with van der Waals surface area (Å²) in [5.41, 5.74) is -0.242. The van der Waals surface area contributed by atoms with Crippen molar-refractivity contribution in [1.82, 2.24) is 10.2 Å². The van der Waals surface area contributed by atoms with E-state index in [1.807, 2.05) is 26.0 Å². The minimum atomic E-state index is -1.04. The maximum absolute atomic E-state index is 12.3. The van der Waals surface area contributed by atoms with Gasteiger partial charge in [-0.3, -0.25) is 14.4 Å². The van der Waals surface area contributed by atoms with Crippen LogP contribution in [0.1, 0.15) is 32.8 Å². The second-order valence-corrected chi connectivity index (χ2v) is 7.80. The molecule has 28 heavy (non-hydrogen) atoms. The first-order chi connectivity index (χ1) is 13.2. The minimum Gasteiger partial charge on any atom is -0.455 e. The van der Waals surface area contributed by atoms with Crippen molar-refractivity contribution in [3.63, 3.8) is 0 Å². The van der Waals surface area contributed by atoms with E-state index in [1.165, 1.54) is 0 Å². The van der Waals surface area contributed by atoms with Gasteiger partial charge in [-0.25, -0.2) is 0 Å². The minimum absolute atomic E-state index is 0.0345. The molecular weight excluding hydrogens is 382 g/mol. The Kier molecular flexibility index (Phi) is 7.03. The molecule has 1 heterocycles. The van der Waals surface area contributed by atoms with Crippen LogP contribution in [-0.2, 0) is 25.7 Å². The number of halogens is 1. The molecule has 1 aliphatic rings. The Balaban J connectivity index is 1.87. The van der Waals surface area contributed by atoms with Crippen LogP contribution < -0.4 is 5.32 Å². The van der Waals surface area contributed by atoms with Gasteiger partial charge in [0.15, 0.2) is 6.61 Å². The van der Waals surface area contributed by atoms with Gasteiger partial charge in [-0.2, -0.15) is 5.26 Å². The average molecular weight is 406 g/mol. The first-order valence-corrected chi connectivity index (χ1v) is 9.44. The highest BCUT2D eigenvalue weighted by molar-refractivity contribution is 6.31. The fraction of sp³-hybridized carbons (Fsp3) is 0.500. The van der Waals surface area contributed by atoms with Crippen molar-refractivity contribution in [3.05, 3.63) is 34.9 Å². The maximum atomic E-state index is 12.3. The van der Waals surface area contributed by atoms with Crippen LogP contribution in [0.4, 0.5) is 0 Å². The van der Waals surface area contributed by atoms with Gasteiger partial charge < -0.3 is 15.0 Å². The van der Waals surface area contributed by atoms with Crippen molar-refractivity contribution in [2.45, 2.75) is 39.3 Å². The number of benzene rings is 1. The summed E-state index contributed by atoms with van der Waals surface area (Å²) in [6, 6.07) is 9.26. The van der Waals surface area contributed by atoms with E-state index in [2.05, 4.69) is 11.4 Å². The highest BCUT2D eigenvalue weighted by Gasteiger charge is 2.36. The lowest BCUT2D eigenvalue weighted by molar-refractivity contribution is -0.152. The lowest BCUT2D eigenvalue weighted by Crippen LogP contribution is -2.50. The van der Waals surface area contributed by atoms with Gasteiger partial charge in [0.25, 0.3) is 5.91 Å². The standard InChI is InChI=1S/C20H24ClN3O4/c1-13(2)20(3,12-22)23-17(25)11-28-19(27)15-8-18(26)24(10-15)9-14-6-4-5-7-16(14)21/h4-7,13,15H,8-11H2,1-3H3,(H,23,25)/t15-,20+/m1/s1. The Morgan fingerprint density at radius 3 is 2.71 bits per heavy atom. The van der Waals surface area contributed by atoms with E-state index in [-0.39, 0.29) is 24.8 Å². The predicted octanol–water partition coefficient (Wildman–Crippen LogP) is 2.29. The fourth-order valence-electron chi connectivity index (χ4n) is 2.80. The van der Waals surface area contributed by atoms with Crippen molar-refractivity contribution in [2.24, 2.45) is 11.8 Å². The van der Waals surface area contributed by atoms with Crippen molar-refractivity contribution >= 4 is 29.4 Å². The molecule has 150 valence electrons. The van der Waals surface area contributed by atoms with E-state index >= 15 is 0 Å². The van der Waals surface area contributed by atoms with Gasteiger partial charge in [0.1, 0.15) is 5.54 Å². The number of hydrogen-bond acceptors (Lipinski definition) is 5. The molecule has 2 rings (SSSR count). The number of carbonyl (C=O) groups is 3. The van der Waals surface area contributed by atoms with E-state index in [4.69, 9.17) is 16.3 Å². The van der Waals surface area contributed by atoms with Crippen LogP contribution in [0.5, 0.6) is 0 Å². The van der Waals surface area contributed by atoms with Gasteiger partial charge in [-0.05, 0) is 24.5 Å². The molecule has 1 aromatic rings. The number of nitriles is 1. The van der Waals surface area contributed by atoms with Crippen LogP contribution in [0, 0.1) is 23.2 Å². The van der Waals surface area contributed by atoms with Gasteiger partial charge >= 0.3 is 5.97 Å². The van der Waals surface area contributed by atoms with Gasteiger partial charge in [0.05, 0.1) is 12.0 Å². The monoisotopic (exact) mass is 405 g/mol. The molecule has 0 saturated carbocycles. The number of rotatable bonds is 7. The molecule has 1 aliphatic heterocycles. The van der Waals surface area contributed by atoms with Gasteiger partial charge in [0, 0.05) is 24.5 Å². The number of nitrogens with zero attached hydrogens (tertiary/aromatic N) is 2. The lowest BCUT2D eigenvalue weighted by Gasteiger charge is -2.27. The molecule has 0 spiro atoms. The molecule has 1 saturated heterocycles. The molecular formula is C20H24ClN3O4. The van der Waals surface area contributed by atoms with Gasteiger partial charge in [0.2, 0.25) is 5.91 Å². The molecule has 1 N–H and O–H groups in total. The average Bonchev–Trinajstić information content (AvgIpc) is 3.02. The quantitative estimate of drug-likeness (QED) is 0.701. The van der Waals surface area contributed by atoms with Gasteiger partial charge in [-0.15, -0.1) is 0 Å². The molecule has 0 aromatic heterocycles. The largest absolute Gasteiger partial charge is 0.455 e. The van der Waals surface area contributed by atoms with E-state index in [9.17, 15) is 19.6 Å².